The zero-order valence-electron chi connectivity index (χ0n) is 11.0. The van der Waals surface area contributed by atoms with Crippen LogP contribution in [-0.2, 0) is 13.0 Å². The Morgan fingerprint density at radius 1 is 1.47 bits per heavy atom. The lowest BCUT2D eigenvalue weighted by Gasteiger charge is -2.24. The highest BCUT2D eigenvalue weighted by Gasteiger charge is 2.22. The summed E-state index contributed by atoms with van der Waals surface area (Å²) >= 11 is 0. The van der Waals surface area contributed by atoms with Crippen molar-refractivity contribution in [2.45, 2.75) is 39.3 Å². The van der Waals surface area contributed by atoms with Gasteiger partial charge in [-0.25, -0.2) is 4.98 Å². The average molecular weight is 260 g/mol. The second kappa shape index (κ2) is 4.53. The SMILES string of the molecule is Cc1cc(C(=O)N[C@@H]2CCc3nc(C)cn3C2)on1. The van der Waals surface area contributed by atoms with E-state index in [4.69, 9.17) is 4.52 Å². The largest absolute Gasteiger partial charge is 0.351 e. The minimum Gasteiger partial charge on any atom is -0.351 e. The summed E-state index contributed by atoms with van der Waals surface area (Å²) in [7, 11) is 0. The van der Waals surface area contributed by atoms with Crippen LogP contribution in [-0.4, -0.2) is 26.7 Å². The van der Waals surface area contributed by atoms with E-state index in [-0.39, 0.29) is 17.7 Å². The quantitative estimate of drug-likeness (QED) is 0.881. The summed E-state index contributed by atoms with van der Waals surface area (Å²) in [5, 5.41) is 6.70. The molecule has 0 fully saturated rings. The summed E-state index contributed by atoms with van der Waals surface area (Å²) in [6.45, 7) is 4.53. The lowest BCUT2D eigenvalue weighted by atomic mass is 10.1. The summed E-state index contributed by atoms with van der Waals surface area (Å²) in [4.78, 5) is 16.4. The number of fused-ring (bicyclic) bond motifs is 1. The molecule has 1 amide bonds. The normalized spacial score (nSPS) is 18.1. The van der Waals surface area contributed by atoms with E-state index in [1.165, 1.54) is 0 Å². The van der Waals surface area contributed by atoms with E-state index in [0.717, 1.165) is 30.9 Å². The Bertz CT molecular complexity index is 614. The molecule has 0 radical (unpaired) electrons. The predicted octanol–water partition coefficient (Wildman–Crippen LogP) is 1.23. The van der Waals surface area contributed by atoms with Gasteiger partial charge in [0.1, 0.15) is 5.82 Å². The van der Waals surface area contributed by atoms with E-state index in [9.17, 15) is 4.79 Å². The maximum atomic E-state index is 12.0. The standard InChI is InChI=1S/C13H16N4O2/c1-8-5-11(19-16-8)13(18)15-10-3-4-12-14-9(2)6-17(12)7-10/h5-6,10H,3-4,7H2,1-2H3,(H,15,18)/t10-/m1/s1. The van der Waals surface area contributed by atoms with E-state index >= 15 is 0 Å². The van der Waals surface area contributed by atoms with Crippen LogP contribution >= 0.6 is 0 Å². The number of rotatable bonds is 2. The van der Waals surface area contributed by atoms with Gasteiger partial charge in [0.05, 0.1) is 11.4 Å². The maximum Gasteiger partial charge on any atom is 0.290 e. The fourth-order valence-electron chi connectivity index (χ4n) is 2.43. The topological polar surface area (TPSA) is 73.0 Å². The summed E-state index contributed by atoms with van der Waals surface area (Å²) in [5.74, 6) is 1.16. The van der Waals surface area contributed by atoms with Crippen molar-refractivity contribution in [3.05, 3.63) is 35.2 Å². The Hall–Kier alpha value is -2.11. The Kier molecular flexibility index (Phi) is 2.85. The van der Waals surface area contributed by atoms with Crippen LogP contribution in [0.3, 0.4) is 0 Å². The number of nitrogens with one attached hydrogen (secondary N) is 1. The highest BCUT2D eigenvalue weighted by atomic mass is 16.5. The first-order chi connectivity index (χ1) is 9.11. The first-order valence-electron chi connectivity index (χ1n) is 6.38. The van der Waals surface area contributed by atoms with Gasteiger partial charge in [-0.15, -0.1) is 0 Å². The highest BCUT2D eigenvalue weighted by Crippen LogP contribution is 2.15. The number of hydrogen-bond acceptors (Lipinski definition) is 4. The van der Waals surface area contributed by atoms with Gasteiger partial charge in [-0.1, -0.05) is 5.16 Å². The predicted molar refractivity (Wildman–Crippen MR) is 67.8 cm³/mol. The van der Waals surface area contributed by atoms with Crippen LogP contribution in [0, 0.1) is 13.8 Å². The highest BCUT2D eigenvalue weighted by molar-refractivity contribution is 5.91. The van der Waals surface area contributed by atoms with Crippen LogP contribution in [0.1, 0.15) is 34.2 Å². The number of nitrogens with zero attached hydrogens (tertiary/aromatic N) is 3. The monoisotopic (exact) mass is 260 g/mol. The van der Waals surface area contributed by atoms with Crippen molar-refractivity contribution in [2.24, 2.45) is 0 Å². The number of amides is 1. The molecule has 0 unspecified atom stereocenters. The summed E-state index contributed by atoms with van der Waals surface area (Å²) < 4.78 is 7.07. The van der Waals surface area contributed by atoms with Crippen molar-refractivity contribution >= 4 is 5.91 Å². The molecule has 6 nitrogen and oxygen atoms in total. The molecule has 0 saturated carbocycles. The van der Waals surface area contributed by atoms with Gasteiger partial charge >= 0.3 is 0 Å². The molecule has 0 bridgehead atoms. The smallest absolute Gasteiger partial charge is 0.290 e. The molecule has 0 saturated heterocycles. The van der Waals surface area contributed by atoms with E-state index in [2.05, 4.69) is 20.0 Å². The zero-order chi connectivity index (χ0) is 13.4. The van der Waals surface area contributed by atoms with E-state index in [1.54, 1.807) is 13.0 Å². The van der Waals surface area contributed by atoms with Gasteiger partial charge in [0.15, 0.2) is 0 Å². The molecule has 2 aromatic heterocycles. The fraction of sp³-hybridized carbons (Fsp3) is 0.462. The molecule has 3 heterocycles. The fourth-order valence-corrected chi connectivity index (χ4v) is 2.43. The minimum atomic E-state index is -0.203. The maximum absolute atomic E-state index is 12.0. The van der Waals surface area contributed by atoms with Gasteiger partial charge in [-0.3, -0.25) is 4.79 Å². The van der Waals surface area contributed by atoms with Crippen LogP contribution in [0.5, 0.6) is 0 Å². The van der Waals surface area contributed by atoms with Crippen molar-refractivity contribution in [3.63, 3.8) is 0 Å². The van der Waals surface area contributed by atoms with Crippen molar-refractivity contribution in [2.75, 3.05) is 0 Å². The second-order valence-corrected chi connectivity index (χ2v) is 4.99. The lowest BCUT2D eigenvalue weighted by Crippen LogP contribution is -2.40. The molecular formula is C13H16N4O2. The number of carbonyl (C=O) groups excluding carboxylic acids is 1. The van der Waals surface area contributed by atoms with Gasteiger partial charge in [0.2, 0.25) is 5.76 Å². The molecule has 0 aliphatic carbocycles. The number of aromatic nitrogens is 3. The van der Waals surface area contributed by atoms with Gasteiger partial charge in [-0.05, 0) is 20.3 Å². The van der Waals surface area contributed by atoms with Crippen molar-refractivity contribution in [1.29, 1.82) is 0 Å². The van der Waals surface area contributed by atoms with E-state index in [0.29, 0.717) is 5.69 Å². The number of carbonyl (C=O) groups is 1. The van der Waals surface area contributed by atoms with Gasteiger partial charge < -0.3 is 14.4 Å². The van der Waals surface area contributed by atoms with Gasteiger partial charge in [-0.2, -0.15) is 0 Å². The summed E-state index contributed by atoms with van der Waals surface area (Å²) in [5.41, 5.74) is 1.73. The molecule has 1 aliphatic rings. The van der Waals surface area contributed by atoms with Crippen molar-refractivity contribution < 1.29 is 9.32 Å². The Morgan fingerprint density at radius 3 is 3.05 bits per heavy atom. The number of aryl methyl sites for hydroxylation is 3. The molecule has 0 aromatic carbocycles. The molecular weight excluding hydrogens is 244 g/mol. The Morgan fingerprint density at radius 2 is 2.32 bits per heavy atom. The van der Waals surface area contributed by atoms with E-state index < -0.39 is 0 Å². The molecule has 19 heavy (non-hydrogen) atoms. The first kappa shape index (κ1) is 12.0. The number of imidazole rings is 1. The zero-order valence-corrected chi connectivity index (χ0v) is 11.0. The third-order valence-corrected chi connectivity index (χ3v) is 3.30. The molecule has 0 spiro atoms. The third kappa shape index (κ3) is 2.38. The molecule has 2 aromatic rings. The van der Waals surface area contributed by atoms with Crippen molar-refractivity contribution in [1.82, 2.24) is 20.0 Å². The summed E-state index contributed by atoms with van der Waals surface area (Å²) in [6, 6.07) is 1.75. The molecule has 6 heteroatoms. The van der Waals surface area contributed by atoms with Gasteiger partial charge in [0.25, 0.3) is 5.91 Å². The van der Waals surface area contributed by atoms with Crippen LogP contribution < -0.4 is 5.32 Å². The third-order valence-electron chi connectivity index (χ3n) is 3.30. The Labute approximate surface area is 110 Å². The molecule has 3 rings (SSSR count). The van der Waals surface area contributed by atoms with Gasteiger partial charge in [0, 0.05) is 31.3 Å². The first-order valence-corrected chi connectivity index (χ1v) is 6.38. The summed E-state index contributed by atoms with van der Waals surface area (Å²) in [6.07, 6.45) is 3.80. The molecule has 1 aliphatic heterocycles. The lowest BCUT2D eigenvalue weighted by molar-refractivity contribution is 0.0890. The number of hydrogen-bond donors (Lipinski definition) is 1. The molecule has 1 atom stereocenters. The van der Waals surface area contributed by atoms with Crippen molar-refractivity contribution in [3.8, 4) is 0 Å². The average Bonchev–Trinajstić information content (AvgIpc) is 2.93. The van der Waals surface area contributed by atoms with Crippen LogP contribution in [0.4, 0.5) is 0 Å². The molecule has 100 valence electrons. The van der Waals surface area contributed by atoms with Crippen LogP contribution in [0.2, 0.25) is 0 Å². The second-order valence-electron chi connectivity index (χ2n) is 4.99. The van der Waals surface area contributed by atoms with Crippen LogP contribution in [0.15, 0.2) is 16.8 Å². The minimum absolute atomic E-state index is 0.110. The van der Waals surface area contributed by atoms with Crippen LogP contribution in [0.25, 0.3) is 0 Å². The Balaban J connectivity index is 1.67. The van der Waals surface area contributed by atoms with E-state index in [1.807, 2.05) is 13.1 Å². The molecule has 1 N–H and O–H groups in total.